The topological polar surface area (TPSA) is 63.8 Å². The van der Waals surface area contributed by atoms with Crippen molar-refractivity contribution in [3.05, 3.63) is 17.8 Å². The van der Waals surface area contributed by atoms with Gasteiger partial charge in [-0.15, -0.1) is 5.10 Å². The molecule has 2 rings (SSSR count). The smallest absolute Gasteiger partial charge is 0.148 e. The summed E-state index contributed by atoms with van der Waals surface area (Å²) in [6, 6.07) is 2.02. The van der Waals surface area contributed by atoms with Crippen molar-refractivity contribution in [3.8, 4) is 0 Å². The van der Waals surface area contributed by atoms with Gasteiger partial charge >= 0.3 is 0 Å². The van der Waals surface area contributed by atoms with Crippen LogP contribution >= 0.6 is 0 Å². The van der Waals surface area contributed by atoms with E-state index in [1.807, 2.05) is 13.0 Å². The number of hydrogen-bond acceptors (Lipinski definition) is 4. The van der Waals surface area contributed by atoms with Gasteiger partial charge < -0.3 is 11.1 Å². The Morgan fingerprint density at radius 2 is 2.33 bits per heavy atom. The van der Waals surface area contributed by atoms with Gasteiger partial charge in [0, 0.05) is 6.54 Å². The lowest BCUT2D eigenvalue weighted by Gasteiger charge is -2.14. The van der Waals surface area contributed by atoms with E-state index in [1.54, 1.807) is 6.20 Å². The van der Waals surface area contributed by atoms with E-state index in [2.05, 4.69) is 15.5 Å². The SMILES string of the molecule is Cc1cnnc(NCC2(CCN)CC2)c1. The Labute approximate surface area is 90.3 Å². The number of nitrogens with one attached hydrogen (secondary N) is 1. The lowest BCUT2D eigenvalue weighted by atomic mass is 10.0. The van der Waals surface area contributed by atoms with Gasteiger partial charge in [0.25, 0.3) is 0 Å². The van der Waals surface area contributed by atoms with E-state index in [0.29, 0.717) is 5.41 Å². The summed E-state index contributed by atoms with van der Waals surface area (Å²) in [4.78, 5) is 0. The van der Waals surface area contributed by atoms with Gasteiger partial charge in [0.2, 0.25) is 0 Å². The largest absolute Gasteiger partial charge is 0.368 e. The molecule has 0 unspecified atom stereocenters. The van der Waals surface area contributed by atoms with Crippen molar-refractivity contribution in [2.45, 2.75) is 26.2 Å². The highest BCUT2D eigenvalue weighted by atomic mass is 15.2. The predicted molar refractivity (Wildman–Crippen MR) is 60.6 cm³/mol. The maximum Gasteiger partial charge on any atom is 0.148 e. The fourth-order valence-corrected chi connectivity index (χ4v) is 1.83. The van der Waals surface area contributed by atoms with Crippen LogP contribution in [0.1, 0.15) is 24.8 Å². The third-order valence-electron chi connectivity index (χ3n) is 3.07. The molecule has 3 N–H and O–H groups in total. The predicted octanol–water partition coefficient (Wildman–Crippen LogP) is 1.33. The third kappa shape index (κ3) is 2.65. The van der Waals surface area contributed by atoms with Gasteiger partial charge in [-0.25, -0.2) is 0 Å². The van der Waals surface area contributed by atoms with Crippen LogP contribution in [-0.2, 0) is 0 Å². The zero-order valence-electron chi connectivity index (χ0n) is 9.16. The number of nitrogens with zero attached hydrogens (tertiary/aromatic N) is 2. The maximum atomic E-state index is 5.59. The number of aromatic nitrogens is 2. The second-order valence-electron chi connectivity index (χ2n) is 4.51. The van der Waals surface area contributed by atoms with Gasteiger partial charge in [-0.3, -0.25) is 0 Å². The molecule has 1 aromatic rings. The van der Waals surface area contributed by atoms with E-state index in [9.17, 15) is 0 Å². The molecule has 0 bridgehead atoms. The minimum Gasteiger partial charge on any atom is -0.368 e. The summed E-state index contributed by atoms with van der Waals surface area (Å²) >= 11 is 0. The summed E-state index contributed by atoms with van der Waals surface area (Å²) in [7, 11) is 0. The highest BCUT2D eigenvalue weighted by Crippen LogP contribution is 2.48. The second-order valence-corrected chi connectivity index (χ2v) is 4.51. The molecule has 15 heavy (non-hydrogen) atoms. The number of nitrogens with two attached hydrogens (primary N) is 1. The lowest BCUT2D eigenvalue weighted by Crippen LogP contribution is -2.19. The Morgan fingerprint density at radius 3 is 2.93 bits per heavy atom. The van der Waals surface area contributed by atoms with E-state index < -0.39 is 0 Å². The van der Waals surface area contributed by atoms with Crippen molar-refractivity contribution >= 4 is 5.82 Å². The normalized spacial score (nSPS) is 17.5. The van der Waals surface area contributed by atoms with E-state index in [4.69, 9.17) is 5.73 Å². The molecule has 0 radical (unpaired) electrons. The fourth-order valence-electron chi connectivity index (χ4n) is 1.83. The molecule has 4 heteroatoms. The van der Waals surface area contributed by atoms with Gasteiger partial charge in [0.15, 0.2) is 0 Å². The number of hydrogen-bond donors (Lipinski definition) is 2. The molecular weight excluding hydrogens is 188 g/mol. The molecule has 1 saturated carbocycles. The first kappa shape index (κ1) is 10.4. The van der Waals surface area contributed by atoms with E-state index >= 15 is 0 Å². The van der Waals surface area contributed by atoms with E-state index in [0.717, 1.165) is 30.9 Å². The van der Waals surface area contributed by atoms with Crippen molar-refractivity contribution in [1.82, 2.24) is 10.2 Å². The highest BCUT2D eigenvalue weighted by Gasteiger charge is 2.41. The van der Waals surface area contributed by atoms with Crippen LogP contribution in [0.15, 0.2) is 12.3 Å². The molecule has 0 amide bonds. The number of rotatable bonds is 5. The van der Waals surface area contributed by atoms with Gasteiger partial charge in [-0.1, -0.05) is 0 Å². The Morgan fingerprint density at radius 1 is 1.53 bits per heavy atom. The molecule has 0 saturated heterocycles. The quantitative estimate of drug-likeness (QED) is 0.762. The summed E-state index contributed by atoms with van der Waals surface area (Å²) in [6.07, 6.45) is 5.45. The van der Waals surface area contributed by atoms with Crippen molar-refractivity contribution in [1.29, 1.82) is 0 Å². The van der Waals surface area contributed by atoms with Crippen LogP contribution in [0.25, 0.3) is 0 Å². The molecule has 0 aromatic carbocycles. The molecule has 1 aromatic heterocycles. The first-order chi connectivity index (χ1) is 7.24. The minimum atomic E-state index is 0.445. The molecule has 0 atom stereocenters. The van der Waals surface area contributed by atoms with Crippen LogP contribution in [0.5, 0.6) is 0 Å². The zero-order chi connectivity index (χ0) is 10.7. The molecular formula is C11H18N4. The summed E-state index contributed by atoms with van der Waals surface area (Å²) < 4.78 is 0. The van der Waals surface area contributed by atoms with Crippen molar-refractivity contribution in [2.75, 3.05) is 18.4 Å². The Kier molecular flexibility index (Phi) is 2.86. The zero-order valence-corrected chi connectivity index (χ0v) is 9.16. The maximum absolute atomic E-state index is 5.59. The first-order valence-corrected chi connectivity index (χ1v) is 5.47. The van der Waals surface area contributed by atoms with Gasteiger partial charge in [0.05, 0.1) is 6.20 Å². The Hall–Kier alpha value is -1.16. The monoisotopic (exact) mass is 206 g/mol. The molecule has 4 nitrogen and oxygen atoms in total. The van der Waals surface area contributed by atoms with Crippen LogP contribution in [0.2, 0.25) is 0 Å². The lowest BCUT2D eigenvalue weighted by molar-refractivity contribution is 0.500. The van der Waals surface area contributed by atoms with Crippen molar-refractivity contribution < 1.29 is 0 Å². The third-order valence-corrected chi connectivity index (χ3v) is 3.07. The standard InChI is InChI=1S/C11H18N4/c1-9-6-10(15-14-7-9)13-8-11(2-3-11)4-5-12/h6-7H,2-5,8,12H2,1H3,(H,13,15). The van der Waals surface area contributed by atoms with Crippen LogP contribution in [0, 0.1) is 12.3 Å². The van der Waals surface area contributed by atoms with Gasteiger partial charge in [0.1, 0.15) is 5.82 Å². The van der Waals surface area contributed by atoms with Crippen LogP contribution in [0.3, 0.4) is 0 Å². The summed E-state index contributed by atoms with van der Waals surface area (Å²) in [5, 5.41) is 11.3. The average Bonchev–Trinajstić information content (AvgIpc) is 2.97. The van der Waals surface area contributed by atoms with Crippen LogP contribution in [-0.4, -0.2) is 23.3 Å². The fraction of sp³-hybridized carbons (Fsp3) is 0.636. The molecule has 1 fully saturated rings. The molecule has 0 spiro atoms. The van der Waals surface area contributed by atoms with Crippen LogP contribution < -0.4 is 11.1 Å². The molecule has 82 valence electrons. The molecule has 1 aliphatic rings. The highest BCUT2D eigenvalue weighted by molar-refractivity contribution is 5.35. The summed E-state index contributed by atoms with van der Waals surface area (Å²) in [5.41, 5.74) is 7.17. The first-order valence-electron chi connectivity index (χ1n) is 5.47. The Balaban J connectivity index is 1.88. The van der Waals surface area contributed by atoms with Crippen LogP contribution in [0.4, 0.5) is 5.82 Å². The number of aryl methyl sites for hydroxylation is 1. The molecule has 0 aliphatic heterocycles. The van der Waals surface area contributed by atoms with Crippen molar-refractivity contribution in [3.63, 3.8) is 0 Å². The molecule has 1 heterocycles. The van der Waals surface area contributed by atoms with Gasteiger partial charge in [-0.05, 0) is 49.8 Å². The number of anilines is 1. The van der Waals surface area contributed by atoms with Gasteiger partial charge in [-0.2, -0.15) is 5.10 Å². The van der Waals surface area contributed by atoms with Crippen molar-refractivity contribution in [2.24, 2.45) is 11.1 Å². The van der Waals surface area contributed by atoms with E-state index in [1.165, 1.54) is 12.8 Å². The molecule has 1 aliphatic carbocycles. The second kappa shape index (κ2) is 4.14. The minimum absolute atomic E-state index is 0.445. The van der Waals surface area contributed by atoms with E-state index in [-0.39, 0.29) is 0 Å². The average molecular weight is 206 g/mol. The Bertz CT molecular complexity index is 333. The summed E-state index contributed by atoms with van der Waals surface area (Å²) in [6.45, 7) is 3.77. The summed E-state index contributed by atoms with van der Waals surface area (Å²) in [5.74, 6) is 0.873.